The molecule has 5 heteroatoms. The van der Waals surface area contributed by atoms with Crippen LogP contribution in [0.5, 0.6) is 0 Å². The summed E-state index contributed by atoms with van der Waals surface area (Å²) < 4.78 is 26.0. The third-order valence-corrected chi connectivity index (χ3v) is 2.31. The highest BCUT2D eigenvalue weighted by molar-refractivity contribution is 5.99. The van der Waals surface area contributed by atoms with Crippen molar-refractivity contribution in [2.75, 3.05) is 18.8 Å². The summed E-state index contributed by atoms with van der Waals surface area (Å²) in [5.74, 6) is -2.68. The van der Waals surface area contributed by atoms with Crippen LogP contribution in [-0.4, -0.2) is 23.9 Å². The summed E-state index contributed by atoms with van der Waals surface area (Å²) in [6, 6.07) is 1.59. The third kappa shape index (κ3) is 2.94. The van der Waals surface area contributed by atoms with E-state index in [0.29, 0.717) is 0 Å². The monoisotopic (exact) mass is 252 g/mol. The predicted octanol–water partition coefficient (Wildman–Crippen LogP) is 2.36. The molecule has 0 aliphatic rings. The van der Waals surface area contributed by atoms with Crippen molar-refractivity contribution >= 4 is 11.6 Å². The van der Waals surface area contributed by atoms with Gasteiger partial charge in [0, 0.05) is 24.8 Å². The molecular formula is C13H14F2N2O. The van der Waals surface area contributed by atoms with Gasteiger partial charge in [-0.2, -0.15) is 0 Å². The molecule has 1 aromatic carbocycles. The summed E-state index contributed by atoms with van der Waals surface area (Å²) in [6.07, 6.45) is 3.05. The topological polar surface area (TPSA) is 46.3 Å². The van der Waals surface area contributed by atoms with Gasteiger partial charge in [0.25, 0.3) is 5.91 Å². The van der Waals surface area contributed by atoms with Crippen molar-refractivity contribution < 1.29 is 13.6 Å². The minimum atomic E-state index is -1.11. The standard InChI is InChI=1S/C13H14F2N2O/c1-3-5-17(6-4-2)13(18)9-7-10(14)11(15)8-12(9)16/h3-4,7-8H,1-2,5-6,16H2. The summed E-state index contributed by atoms with van der Waals surface area (Å²) in [7, 11) is 0. The van der Waals surface area contributed by atoms with Crippen molar-refractivity contribution in [2.45, 2.75) is 0 Å². The second-order valence-electron chi connectivity index (χ2n) is 3.64. The summed E-state index contributed by atoms with van der Waals surface area (Å²) in [6.45, 7) is 7.57. The van der Waals surface area contributed by atoms with Gasteiger partial charge in [-0.05, 0) is 6.07 Å². The van der Waals surface area contributed by atoms with Gasteiger partial charge in [0.2, 0.25) is 0 Å². The van der Waals surface area contributed by atoms with E-state index in [9.17, 15) is 13.6 Å². The lowest BCUT2D eigenvalue weighted by atomic mass is 10.1. The molecule has 0 aliphatic carbocycles. The molecule has 0 unspecified atom stereocenters. The van der Waals surface area contributed by atoms with Crippen LogP contribution in [0, 0.1) is 11.6 Å². The van der Waals surface area contributed by atoms with Crippen molar-refractivity contribution in [3.63, 3.8) is 0 Å². The Morgan fingerprint density at radius 1 is 1.22 bits per heavy atom. The van der Waals surface area contributed by atoms with Crippen LogP contribution in [0.25, 0.3) is 0 Å². The highest BCUT2D eigenvalue weighted by atomic mass is 19.2. The maximum absolute atomic E-state index is 13.1. The SMILES string of the molecule is C=CCN(CC=C)C(=O)c1cc(F)c(F)cc1N. The Morgan fingerprint density at radius 2 is 1.72 bits per heavy atom. The van der Waals surface area contributed by atoms with Gasteiger partial charge < -0.3 is 10.6 Å². The first-order valence-electron chi connectivity index (χ1n) is 5.26. The van der Waals surface area contributed by atoms with E-state index in [1.165, 1.54) is 17.1 Å². The summed E-state index contributed by atoms with van der Waals surface area (Å²) in [4.78, 5) is 13.4. The number of anilines is 1. The largest absolute Gasteiger partial charge is 0.398 e. The number of hydrogen-bond acceptors (Lipinski definition) is 2. The first kappa shape index (κ1) is 13.9. The number of nitrogens with zero attached hydrogens (tertiary/aromatic N) is 1. The Morgan fingerprint density at radius 3 is 2.22 bits per heavy atom. The molecule has 3 nitrogen and oxygen atoms in total. The van der Waals surface area contributed by atoms with Crippen molar-refractivity contribution in [3.8, 4) is 0 Å². The molecule has 0 spiro atoms. The summed E-state index contributed by atoms with van der Waals surface area (Å²) >= 11 is 0. The van der Waals surface area contributed by atoms with Gasteiger partial charge in [0.15, 0.2) is 11.6 Å². The van der Waals surface area contributed by atoms with Crippen LogP contribution < -0.4 is 5.73 Å². The maximum Gasteiger partial charge on any atom is 0.256 e. The van der Waals surface area contributed by atoms with Gasteiger partial charge in [0.1, 0.15) is 0 Å². The van der Waals surface area contributed by atoms with Crippen LogP contribution in [0.1, 0.15) is 10.4 Å². The molecule has 18 heavy (non-hydrogen) atoms. The van der Waals surface area contributed by atoms with E-state index < -0.39 is 17.5 Å². The zero-order valence-corrected chi connectivity index (χ0v) is 9.83. The van der Waals surface area contributed by atoms with Crippen LogP contribution >= 0.6 is 0 Å². The van der Waals surface area contributed by atoms with E-state index in [4.69, 9.17) is 5.73 Å². The fraction of sp³-hybridized carbons (Fsp3) is 0.154. The number of hydrogen-bond donors (Lipinski definition) is 1. The Balaban J connectivity index is 3.11. The number of carbonyl (C=O) groups excluding carboxylic acids is 1. The van der Waals surface area contributed by atoms with Crippen LogP contribution in [0.15, 0.2) is 37.4 Å². The molecule has 1 aromatic rings. The molecule has 0 saturated carbocycles. The maximum atomic E-state index is 13.1. The average Bonchev–Trinajstić information content (AvgIpc) is 2.33. The first-order valence-corrected chi connectivity index (χ1v) is 5.26. The molecule has 0 heterocycles. The molecule has 0 aromatic heterocycles. The number of rotatable bonds is 5. The van der Waals surface area contributed by atoms with Gasteiger partial charge in [-0.1, -0.05) is 12.2 Å². The quantitative estimate of drug-likeness (QED) is 0.646. The Labute approximate surface area is 104 Å². The van der Waals surface area contributed by atoms with Crippen molar-refractivity contribution in [1.82, 2.24) is 4.90 Å². The molecule has 0 radical (unpaired) electrons. The van der Waals surface area contributed by atoms with E-state index >= 15 is 0 Å². The zero-order chi connectivity index (χ0) is 13.7. The lowest BCUT2D eigenvalue weighted by Gasteiger charge is -2.20. The highest BCUT2D eigenvalue weighted by Gasteiger charge is 2.18. The first-order chi connectivity index (χ1) is 8.51. The minimum Gasteiger partial charge on any atom is -0.398 e. The van der Waals surface area contributed by atoms with E-state index in [-0.39, 0.29) is 24.3 Å². The molecule has 0 bridgehead atoms. The van der Waals surface area contributed by atoms with Crippen molar-refractivity contribution in [1.29, 1.82) is 0 Å². The highest BCUT2D eigenvalue weighted by Crippen LogP contribution is 2.18. The zero-order valence-electron chi connectivity index (χ0n) is 9.83. The normalized spacial score (nSPS) is 9.89. The molecule has 0 aliphatic heterocycles. The molecule has 0 atom stereocenters. The Bertz CT molecular complexity index is 476. The fourth-order valence-corrected chi connectivity index (χ4v) is 1.47. The van der Waals surface area contributed by atoms with E-state index in [2.05, 4.69) is 13.2 Å². The molecule has 0 fully saturated rings. The lowest BCUT2D eigenvalue weighted by molar-refractivity contribution is 0.0791. The third-order valence-electron chi connectivity index (χ3n) is 2.31. The predicted molar refractivity (Wildman–Crippen MR) is 67.1 cm³/mol. The van der Waals surface area contributed by atoms with Crippen molar-refractivity contribution in [3.05, 3.63) is 54.6 Å². The summed E-state index contributed by atoms with van der Waals surface area (Å²) in [5.41, 5.74) is 5.34. The van der Waals surface area contributed by atoms with Gasteiger partial charge in [-0.3, -0.25) is 4.79 Å². The second kappa shape index (κ2) is 5.95. The van der Waals surface area contributed by atoms with E-state index in [1.807, 2.05) is 0 Å². The minimum absolute atomic E-state index is 0.0717. The van der Waals surface area contributed by atoms with Gasteiger partial charge in [-0.15, -0.1) is 13.2 Å². The average molecular weight is 252 g/mol. The van der Waals surface area contributed by atoms with Gasteiger partial charge in [0.05, 0.1) is 5.56 Å². The molecule has 1 rings (SSSR count). The smallest absolute Gasteiger partial charge is 0.256 e. The van der Waals surface area contributed by atoms with Crippen LogP contribution in [0.4, 0.5) is 14.5 Å². The second-order valence-corrected chi connectivity index (χ2v) is 3.64. The number of nitrogens with two attached hydrogens (primary N) is 1. The van der Waals surface area contributed by atoms with Crippen LogP contribution in [-0.2, 0) is 0 Å². The van der Waals surface area contributed by atoms with Gasteiger partial charge in [-0.25, -0.2) is 8.78 Å². The summed E-state index contributed by atoms with van der Waals surface area (Å²) in [5, 5.41) is 0. The molecule has 1 amide bonds. The number of amides is 1. The Hall–Kier alpha value is -2.17. The van der Waals surface area contributed by atoms with Crippen LogP contribution in [0.2, 0.25) is 0 Å². The van der Waals surface area contributed by atoms with Crippen LogP contribution in [0.3, 0.4) is 0 Å². The van der Waals surface area contributed by atoms with E-state index in [0.717, 1.165) is 12.1 Å². The molecule has 2 N–H and O–H groups in total. The molecular weight excluding hydrogens is 238 g/mol. The van der Waals surface area contributed by atoms with E-state index in [1.54, 1.807) is 0 Å². The lowest BCUT2D eigenvalue weighted by Crippen LogP contribution is -2.32. The van der Waals surface area contributed by atoms with Gasteiger partial charge >= 0.3 is 0 Å². The van der Waals surface area contributed by atoms with Crippen molar-refractivity contribution in [2.24, 2.45) is 0 Å². The molecule has 96 valence electrons. The Kier molecular flexibility index (Phi) is 4.59. The number of nitrogen functional groups attached to an aromatic ring is 1. The fourth-order valence-electron chi connectivity index (χ4n) is 1.47. The molecule has 0 saturated heterocycles. The number of carbonyl (C=O) groups is 1. The number of halogens is 2. The number of benzene rings is 1.